The fourth-order valence-corrected chi connectivity index (χ4v) is 2.01. The average molecular weight is 336 g/mol. The summed E-state index contributed by atoms with van der Waals surface area (Å²) in [5.74, 6) is -2.26. The van der Waals surface area contributed by atoms with Crippen LogP contribution >= 0.6 is 0 Å². The van der Waals surface area contributed by atoms with Crippen molar-refractivity contribution in [2.45, 2.75) is 19.6 Å². The van der Waals surface area contributed by atoms with Crippen LogP contribution in [0.5, 0.6) is 0 Å². The molecule has 7 heteroatoms. The normalized spacial score (nSPS) is 11.0. The van der Waals surface area contributed by atoms with Crippen molar-refractivity contribution < 1.29 is 22.8 Å². The molecule has 0 fully saturated rings. The lowest BCUT2D eigenvalue weighted by Gasteiger charge is -2.10. The van der Waals surface area contributed by atoms with Crippen molar-refractivity contribution >= 4 is 17.5 Å². The van der Waals surface area contributed by atoms with Gasteiger partial charge in [-0.25, -0.2) is 0 Å². The van der Waals surface area contributed by atoms with E-state index in [0.29, 0.717) is 11.1 Å². The first-order valence-corrected chi connectivity index (χ1v) is 7.08. The highest BCUT2D eigenvalue weighted by Gasteiger charge is 2.38. The summed E-state index contributed by atoms with van der Waals surface area (Å²) < 4.78 is 36.5. The Balaban J connectivity index is 1.94. The quantitative estimate of drug-likeness (QED) is 0.899. The lowest BCUT2D eigenvalue weighted by atomic mass is 10.1. The minimum absolute atomic E-state index is 0.0336. The largest absolute Gasteiger partial charge is 0.471 e. The van der Waals surface area contributed by atoms with Gasteiger partial charge in [-0.1, -0.05) is 30.3 Å². The molecule has 2 N–H and O–H groups in total. The molecule has 2 rings (SSSR count). The molecule has 2 aromatic rings. The van der Waals surface area contributed by atoms with E-state index in [2.05, 4.69) is 5.32 Å². The van der Waals surface area contributed by atoms with Crippen LogP contribution in [0.1, 0.15) is 21.5 Å². The van der Waals surface area contributed by atoms with Gasteiger partial charge >= 0.3 is 12.1 Å². The number of carbonyl (C=O) groups excluding carboxylic acids is 2. The van der Waals surface area contributed by atoms with Gasteiger partial charge in [-0.2, -0.15) is 13.2 Å². The molecule has 0 aliphatic carbocycles. The summed E-state index contributed by atoms with van der Waals surface area (Å²) in [6.07, 6.45) is -4.93. The number of alkyl halides is 3. The van der Waals surface area contributed by atoms with Gasteiger partial charge in [-0.3, -0.25) is 9.59 Å². The molecule has 0 unspecified atom stereocenters. The lowest BCUT2D eigenvalue weighted by molar-refractivity contribution is -0.167. The molecule has 24 heavy (non-hydrogen) atoms. The standard InChI is InChI=1S/C17H15F3N2O2/c1-11-4-2-3-5-14(11)15(23)21-10-12-6-8-13(9-7-12)22-16(24)17(18,19)20/h2-9H,10H2,1H3,(H,21,23)(H,22,24). The van der Waals surface area contributed by atoms with Gasteiger partial charge in [0.25, 0.3) is 5.91 Å². The third kappa shape index (κ3) is 4.58. The minimum atomic E-state index is -4.93. The molecule has 0 radical (unpaired) electrons. The maximum Gasteiger partial charge on any atom is 0.471 e. The van der Waals surface area contributed by atoms with Crippen LogP contribution in [0.25, 0.3) is 0 Å². The van der Waals surface area contributed by atoms with Gasteiger partial charge in [0.2, 0.25) is 0 Å². The molecule has 0 bridgehead atoms. The number of benzene rings is 2. The van der Waals surface area contributed by atoms with E-state index in [9.17, 15) is 22.8 Å². The predicted molar refractivity (Wildman–Crippen MR) is 83.5 cm³/mol. The van der Waals surface area contributed by atoms with Crippen molar-refractivity contribution in [3.05, 3.63) is 65.2 Å². The van der Waals surface area contributed by atoms with E-state index in [1.54, 1.807) is 17.4 Å². The number of anilines is 1. The maximum absolute atomic E-state index is 12.2. The first-order chi connectivity index (χ1) is 11.3. The van der Waals surface area contributed by atoms with Crippen molar-refractivity contribution in [3.8, 4) is 0 Å². The van der Waals surface area contributed by atoms with Crippen LogP contribution in [0, 0.1) is 6.92 Å². The second kappa shape index (κ2) is 7.16. The number of hydrogen-bond donors (Lipinski definition) is 2. The SMILES string of the molecule is Cc1ccccc1C(=O)NCc1ccc(NC(=O)C(F)(F)F)cc1. The van der Waals surface area contributed by atoms with Crippen molar-refractivity contribution in [1.82, 2.24) is 5.32 Å². The van der Waals surface area contributed by atoms with Gasteiger partial charge in [0, 0.05) is 17.8 Å². The fraction of sp³-hybridized carbons (Fsp3) is 0.176. The minimum Gasteiger partial charge on any atom is -0.348 e. The number of carbonyl (C=O) groups is 2. The number of nitrogens with one attached hydrogen (secondary N) is 2. The second-order valence-corrected chi connectivity index (χ2v) is 5.15. The molecule has 2 amide bonds. The van der Waals surface area contributed by atoms with Crippen molar-refractivity contribution in [2.24, 2.45) is 0 Å². The van der Waals surface area contributed by atoms with Gasteiger partial charge in [-0.15, -0.1) is 0 Å². The Morgan fingerprint density at radius 2 is 1.62 bits per heavy atom. The number of aryl methyl sites for hydroxylation is 1. The zero-order valence-electron chi connectivity index (χ0n) is 12.8. The number of rotatable bonds is 4. The monoisotopic (exact) mass is 336 g/mol. The third-order valence-electron chi connectivity index (χ3n) is 3.31. The van der Waals surface area contributed by atoms with Crippen LogP contribution in [0.2, 0.25) is 0 Å². The second-order valence-electron chi connectivity index (χ2n) is 5.15. The van der Waals surface area contributed by atoms with Gasteiger partial charge < -0.3 is 10.6 Å². The van der Waals surface area contributed by atoms with Crippen LogP contribution in [0.3, 0.4) is 0 Å². The summed E-state index contributed by atoms with van der Waals surface area (Å²) in [6.45, 7) is 2.05. The van der Waals surface area contributed by atoms with Gasteiger partial charge in [0.1, 0.15) is 0 Å². The molecule has 0 saturated carbocycles. The Labute approximate surface area is 136 Å². The van der Waals surface area contributed by atoms with E-state index in [4.69, 9.17) is 0 Å². The predicted octanol–water partition coefficient (Wildman–Crippen LogP) is 3.43. The number of hydrogen-bond acceptors (Lipinski definition) is 2. The Kier molecular flexibility index (Phi) is 5.23. The van der Waals surface area contributed by atoms with Crippen LogP contribution < -0.4 is 10.6 Å². The molecular weight excluding hydrogens is 321 g/mol. The van der Waals surface area contributed by atoms with Crippen LogP contribution in [0.4, 0.5) is 18.9 Å². The van der Waals surface area contributed by atoms with Crippen molar-refractivity contribution in [3.63, 3.8) is 0 Å². The maximum atomic E-state index is 12.2. The molecule has 0 heterocycles. The Bertz CT molecular complexity index is 740. The van der Waals surface area contributed by atoms with Gasteiger partial charge in [-0.05, 0) is 36.2 Å². The molecule has 0 atom stereocenters. The average Bonchev–Trinajstić information content (AvgIpc) is 2.53. The molecule has 0 spiro atoms. The van der Waals surface area contributed by atoms with E-state index in [1.165, 1.54) is 24.3 Å². The molecule has 0 saturated heterocycles. The van der Waals surface area contributed by atoms with Crippen LogP contribution in [-0.4, -0.2) is 18.0 Å². The molecule has 2 aromatic carbocycles. The molecule has 0 aliphatic rings. The zero-order valence-corrected chi connectivity index (χ0v) is 12.8. The molecular formula is C17H15F3N2O2. The zero-order chi connectivity index (χ0) is 17.7. The van der Waals surface area contributed by atoms with Gasteiger partial charge in [0.15, 0.2) is 0 Å². The number of amides is 2. The molecule has 4 nitrogen and oxygen atoms in total. The van der Waals surface area contributed by atoms with E-state index < -0.39 is 12.1 Å². The van der Waals surface area contributed by atoms with Crippen molar-refractivity contribution in [1.29, 1.82) is 0 Å². The summed E-state index contributed by atoms with van der Waals surface area (Å²) >= 11 is 0. The molecule has 0 aromatic heterocycles. The van der Waals surface area contributed by atoms with Crippen LogP contribution in [0.15, 0.2) is 48.5 Å². The Morgan fingerprint density at radius 1 is 1.00 bits per heavy atom. The summed E-state index contributed by atoms with van der Waals surface area (Å²) in [4.78, 5) is 22.9. The molecule has 126 valence electrons. The first kappa shape index (κ1) is 17.5. The Morgan fingerprint density at radius 3 is 2.21 bits per heavy atom. The first-order valence-electron chi connectivity index (χ1n) is 7.08. The smallest absolute Gasteiger partial charge is 0.348 e. The van der Waals surface area contributed by atoms with E-state index in [1.807, 2.05) is 19.1 Å². The van der Waals surface area contributed by atoms with Gasteiger partial charge in [0.05, 0.1) is 0 Å². The summed E-state index contributed by atoms with van der Waals surface area (Å²) in [6, 6.07) is 12.9. The van der Waals surface area contributed by atoms with Crippen molar-refractivity contribution in [2.75, 3.05) is 5.32 Å². The van der Waals surface area contributed by atoms with E-state index in [0.717, 1.165) is 5.56 Å². The third-order valence-corrected chi connectivity index (χ3v) is 3.31. The van der Waals surface area contributed by atoms with E-state index in [-0.39, 0.29) is 18.1 Å². The highest BCUT2D eigenvalue weighted by molar-refractivity contribution is 5.96. The summed E-state index contributed by atoms with van der Waals surface area (Å²) in [7, 11) is 0. The Hall–Kier alpha value is -2.83. The van der Waals surface area contributed by atoms with E-state index >= 15 is 0 Å². The summed E-state index contributed by atoms with van der Waals surface area (Å²) in [5.41, 5.74) is 2.14. The highest BCUT2D eigenvalue weighted by Crippen LogP contribution is 2.18. The topological polar surface area (TPSA) is 58.2 Å². The fourth-order valence-electron chi connectivity index (χ4n) is 2.01. The molecule has 0 aliphatic heterocycles. The number of halogens is 3. The lowest BCUT2D eigenvalue weighted by Crippen LogP contribution is -2.29. The highest BCUT2D eigenvalue weighted by atomic mass is 19.4. The van der Waals surface area contributed by atoms with Crippen LogP contribution in [-0.2, 0) is 11.3 Å². The summed E-state index contributed by atoms with van der Waals surface area (Å²) in [5, 5.41) is 4.49.